The molecule has 0 spiro atoms. The van der Waals surface area contributed by atoms with Crippen LogP contribution in [-0.4, -0.2) is 43.8 Å². The fraction of sp³-hybridized carbons (Fsp3) is 0.297. The standard InChI is InChI=1S/C37H38Cl3N3O4S/c1-26-10-8-9-15-34(26)43(48(46,47)32-20-18-29(38)19-21-32)25-36(44)42(24-28-16-17-30(39)23-33(28)40)35(22-27-11-4-2-5-12-27)37(45)41-31-13-6-3-7-14-31/h2,4-5,8-12,15-21,23,31,35H,3,6-7,13-14,22,24-25H2,1H3,(H,41,45)/t35-/m0/s1. The van der Waals surface area contributed by atoms with Crippen LogP contribution in [0.4, 0.5) is 5.69 Å². The topological polar surface area (TPSA) is 86.8 Å². The highest BCUT2D eigenvalue weighted by Gasteiger charge is 2.36. The molecule has 0 radical (unpaired) electrons. The summed E-state index contributed by atoms with van der Waals surface area (Å²) >= 11 is 18.9. The van der Waals surface area contributed by atoms with Crippen molar-refractivity contribution >= 4 is 62.3 Å². The van der Waals surface area contributed by atoms with Crippen LogP contribution in [0.15, 0.2) is 102 Å². The van der Waals surface area contributed by atoms with Crippen LogP contribution in [0.1, 0.15) is 48.8 Å². The number of anilines is 1. The number of sulfonamides is 1. The zero-order chi connectivity index (χ0) is 34.3. The van der Waals surface area contributed by atoms with Crippen molar-refractivity contribution in [3.63, 3.8) is 0 Å². The number of nitrogens with zero attached hydrogens (tertiary/aromatic N) is 2. The average Bonchev–Trinajstić information content (AvgIpc) is 3.07. The van der Waals surface area contributed by atoms with Crippen molar-refractivity contribution < 1.29 is 18.0 Å². The maximum absolute atomic E-state index is 14.7. The van der Waals surface area contributed by atoms with E-state index in [1.807, 2.05) is 30.3 Å². The molecule has 0 unspecified atom stereocenters. The summed E-state index contributed by atoms with van der Waals surface area (Å²) in [6, 6.07) is 26.2. The first kappa shape index (κ1) is 35.7. The van der Waals surface area contributed by atoms with Crippen LogP contribution in [0.5, 0.6) is 0 Å². The smallest absolute Gasteiger partial charge is 0.264 e. The molecule has 0 saturated heterocycles. The van der Waals surface area contributed by atoms with Gasteiger partial charge in [0.05, 0.1) is 10.6 Å². The second-order valence-corrected chi connectivity index (χ2v) is 15.2. The van der Waals surface area contributed by atoms with Gasteiger partial charge in [-0.2, -0.15) is 0 Å². The Labute approximate surface area is 297 Å². The molecule has 1 aliphatic rings. The molecule has 1 saturated carbocycles. The first-order chi connectivity index (χ1) is 23.0. The number of carbonyl (C=O) groups is 2. The molecule has 11 heteroatoms. The Morgan fingerprint density at radius 3 is 2.15 bits per heavy atom. The molecule has 1 aliphatic carbocycles. The Morgan fingerprint density at radius 2 is 1.48 bits per heavy atom. The fourth-order valence-corrected chi connectivity index (χ4v) is 8.10. The van der Waals surface area contributed by atoms with E-state index in [4.69, 9.17) is 34.8 Å². The normalized spacial score (nSPS) is 14.2. The highest BCUT2D eigenvalue weighted by atomic mass is 35.5. The lowest BCUT2D eigenvalue weighted by Gasteiger charge is -2.35. The lowest BCUT2D eigenvalue weighted by atomic mass is 9.94. The molecule has 4 aromatic rings. The van der Waals surface area contributed by atoms with Gasteiger partial charge in [-0.3, -0.25) is 13.9 Å². The summed E-state index contributed by atoms with van der Waals surface area (Å²) in [5.41, 5.74) is 2.43. The van der Waals surface area contributed by atoms with Crippen LogP contribution >= 0.6 is 34.8 Å². The second kappa shape index (κ2) is 16.2. The molecule has 0 aromatic heterocycles. The molecule has 252 valence electrons. The van der Waals surface area contributed by atoms with E-state index in [2.05, 4.69) is 5.32 Å². The molecule has 1 atom stereocenters. The number of carbonyl (C=O) groups excluding carboxylic acids is 2. The molecule has 1 N–H and O–H groups in total. The van der Waals surface area contributed by atoms with Gasteiger partial charge in [0, 0.05) is 34.1 Å². The summed E-state index contributed by atoms with van der Waals surface area (Å²) < 4.78 is 29.6. The van der Waals surface area contributed by atoms with E-state index in [9.17, 15) is 18.0 Å². The number of para-hydroxylation sites is 1. The molecule has 0 heterocycles. The molecular formula is C37H38Cl3N3O4S. The van der Waals surface area contributed by atoms with Crippen molar-refractivity contribution in [3.8, 4) is 0 Å². The van der Waals surface area contributed by atoms with Crippen LogP contribution in [0, 0.1) is 6.92 Å². The SMILES string of the molecule is Cc1ccccc1N(CC(=O)N(Cc1ccc(Cl)cc1Cl)[C@@H](Cc1ccccc1)C(=O)NC1CCCCC1)S(=O)(=O)c1ccc(Cl)cc1. The number of amides is 2. The van der Waals surface area contributed by atoms with Crippen molar-refractivity contribution in [2.75, 3.05) is 10.8 Å². The number of nitrogens with one attached hydrogen (secondary N) is 1. The molecule has 2 amide bonds. The minimum atomic E-state index is -4.25. The highest BCUT2D eigenvalue weighted by molar-refractivity contribution is 7.92. The summed E-state index contributed by atoms with van der Waals surface area (Å²) in [7, 11) is -4.25. The zero-order valence-corrected chi connectivity index (χ0v) is 29.7. The number of halogens is 3. The van der Waals surface area contributed by atoms with Crippen LogP contribution in [0.25, 0.3) is 0 Å². The minimum absolute atomic E-state index is 0.00524. The zero-order valence-electron chi connectivity index (χ0n) is 26.6. The number of benzene rings is 4. The third-order valence-electron chi connectivity index (χ3n) is 8.64. The number of hydrogen-bond donors (Lipinski definition) is 1. The molecule has 0 aliphatic heterocycles. The average molecular weight is 727 g/mol. The Balaban J connectivity index is 1.59. The van der Waals surface area contributed by atoms with Gasteiger partial charge in [-0.05, 0) is 78.9 Å². The van der Waals surface area contributed by atoms with Crippen molar-refractivity contribution in [1.82, 2.24) is 10.2 Å². The largest absolute Gasteiger partial charge is 0.352 e. The van der Waals surface area contributed by atoms with Gasteiger partial charge in [0.25, 0.3) is 10.0 Å². The number of rotatable bonds is 12. The van der Waals surface area contributed by atoms with E-state index >= 15 is 0 Å². The molecule has 5 rings (SSSR count). The van der Waals surface area contributed by atoms with E-state index < -0.39 is 28.5 Å². The first-order valence-electron chi connectivity index (χ1n) is 15.9. The van der Waals surface area contributed by atoms with Crippen molar-refractivity contribution in [2.24, 2.45) is 0 Å². The Morgan fingerprint density at radius 1 is 0.833 bits per heavy atom. The highest BCUT2D eigenvalue weighted by Crippen LogP contribution is 2.29. The Hall–Kier alpha value is -3.56. The number of aryl methyl sites for hydroxylation is 1. The van der Waals surface area contributed by atoms with Gasteiger partial charge in [0.1, 0.15) is 12.6 Å². The predicted octanol–water partition coefficient (Wildman–Crippen LogP) is 8.24. The van der Waals surface area contributed by atoms with Crippen LogP contribution in [0.2, 0.25) is 15.1 Å². The monoisotopic (exact) mass is 725 g/mol. The van der Waals surface area contributed by atoms with Crippen LogP contribution in [-0.2, 0) is 32.6 Å². The number of hydrogen-bond acceptors (Lipinski definition) is 4. The summed E-state index contributed by atoms with van der Waals surface area (Å²) in [5, 5.41) is 4.35. The van der Waals surface area contributed by atoms with Crippen LogP contribution in [0.3, 0.4) is 0 Å². The molecule has 0 bridgehead atoms. The van der Waals surface area contributed by atoms with E-state index in [0.29, 0.717) is 31.9 Å². The Bertz CT molecular complexity index is 1830. The minimum Gasteiger partial charge on any atom is -0.352 e. The Kier molecular flexibility index (Phi) is 12.1. The fourth-order valence-electron chi connectivity index (χ4n) is 6.02. The van der Waals surface area contributed by atoms with E-state index in [-0.39, 0.29) is 29.8 Å². The van der Waals surface area contributed by atoms with Gasteiger partial charge in [-0.1, -0.05) is 109 Å². The van der Waals surface area contributed by atoms with Gasteiger partial charge in [0.15, 0.2) is 0 Å². The van der Waals surface area contributed by atoms with Gasteiger partial charge in [0.2, 0.25) is 11.8 Å². The lowest BCUT2D eigenvalue weighted by molar-refractivity contribution is -0.140. The first-order valence-corrected chi connectivity index (χ1v) is 18.5. The van der Waals surface area contributed by atoms with Gasteiger partial charge < -0.3 is 10.2 Å². The molecule has 1 fully saturated rings. The van der Waals surface area contributed by atoms with Gasteiger partial charge in [-0.25, -0.2) is 8.42 Å². The summed E-state index contributed by atoms with van der Waals surface area (Å²) in [4.78, 5) is 30.4. The predicted molar refractivity (Wildman–Crippen MR) is 193 cm³/mol. The van der Waals surface area contributed by atoms with Crippen LogP contribution < -0.4 is 9.62 Å². The lowest BCUT2D eigenvalue weighted by Crippen LogP contribution is -2.55. The third-order valence-corrected chi connectivity index (χ3v) is 11.3. The quantitative estimate of drug-likeness (QED) is 0.159. The molecule has 48 heavy (non-hydrogen) atoms. The van der Waals surface area contributed by atoms with Gasteiger partial charge in [-0.15, -0.1) is 0 Å². The summed E-state index contributed by atoms with van der Waals surface area (Å²) in [6.45, 7) is 1.17. The van der Waals surface area contributed by atoms with E-state index in [1.165, 1.54) is 29.2 Å². The summed E-state index contributed by atoms with van der Waals surface area (Å²) in [6.07, 6.45) is 5.10. The van der Waals surface area contributed by atoms with Crippen molar-refractivity contribution in [3.05, 3.63) is 129 Å². The maximum Gasteiger partial charge on any atom is 0.264 e. The molecule has 7 nitrogen and oxygen atoms in total. The maximum atomic E-state index is 14.7. The van der Waals surface area contributed by atoms with Gasteiger partial charge >= 0.3 is 0 Å². The van der Waals surface area contributed by atoms with E-state index in [0.717, 1.165) is 42.0 Å². The molecular weight excluding hydrogens is 689 g/mol. The van der Waals surface area contributed by atoms with E-state index in [1.54, 1.807) is 49.4 Å². The second-order valence-electron chi connectivity index (χ2n) is 12.1. The summed E-state index contributed by atoms with van der Waals surface area (Å²) in [5.74, 6) is -0.867. The van der Waals surface area contributed by atoms with Crippen molar-refractivity contribution in [2.45, 2.75) is 69.0 Å². The van der Waals surface area contributed by atoms with Crippen molar-refractivity contribution in [1.29, 1.82) is 0 Å². The molecule has 4 aromatic carbocycles. The third kappa shape index (κ3) is 8.91.